The number of rotatable bonds is 6. The second-order valence-electron chi connectivity index (χ2n) is 14.0. The van der Waals surface area contributed by atoms with Crippen molar-refractivity contribution < 1.29 is 0 Å². The normalized spacial score (nSPS) is 12.3. The quantitative estimate of drug-likeness (QED) is 0.0927. The Balaban J connectivity index is 1.13. The van der Waals surface area contributed by atoms with E-state index in [1.54, 1.807) is 11.3 Å². The first-order valence-corrected chi connectivity index (χ1v) is 19.6. The number of benzene rings is 9. The summed E-state index contributed by atoms with van der Waals surface area (Å²) in [6.07, 6.45) is 0. The van der Waals surface area contributed by atoms with Gasteiger partial charge in [-0.3, -0.25) is 4.99 Å². The molecule has 10 aromatic rings. The van der Waals surface area contributed by atoms with Crippen LogP contribution in [0.3, 0.4) is 0 Å². The van der Waals surface area contributed by atoms with Crippen LogP contribution in [0.15, 0.2) is 203 Å². The van der Waals surface area contributed by atoms with E-state index in [1.165, 1.54) is 52.7 Å². The van der Waals surface area contributed by atoms with Crippen LogP contribution in [0.2, 0.25) is 0 Å². The molecule has 0 atom stereocenters. The van der Waals surface area contributed by atoms with E-state index in [0.717, 1.165) is 38.8 Å². The number of amidine groups is 2. The minimum atomic E-state index is 0.503. The highest BCUT2D eigenvalue weighted by molar-refractivity contribution is 7.26. The Morgan fingerprint density at radius 1 is 0.429 bits per heavy atom. The molecule has 0 aliphatic heterocycles. The first-order chi connectivity index (χ1) is 27.7. The second kappa shape index (κ2) is 14.3. The Hall–Kier alpha value is -7.01. The van der Waals surface area contributed by atoms with Gasteiger partial charge in [0.15, 0.2) is 11.7 Å². The van der Waals surface area contributed by atoms with Crippen LogP contribution >= 0.6 is 11.3 Å². The average Bonchev–Trinajstić information content (AvgIpc) is 3.66. The van der Waals surface area contributed by atoms with E-state index < -0.39 is 0 Å². The first kappa shape index (κ1) is 33.6. The summed E-state index contributed by atoms with van der Waals surface area (Å²) >= 11 is 1.79. The molecule has 56 heavy (non-hydrogen) atoms. The minimum Gasteiger partial charge on any atom is -0.261 e. The Morgan fingerprint density at radius 2 is 1.00 bits per heavy atom. The molecule has 4 heteroatoms. The van der Waals surface area contributed by atoms with Crippen LogP contribution < -0.4 is 0 Å². The zero-order chi connectivity index (χ0) is 37.4. The lowest BCUT2D eigenvalue weighted by atomic mass is 9.91. The van der Waals surface area contributed by atoms with Crippen molar-refractivity contribution in [2.45, 2.75) is 6.54 Å². The lowest BCUT2D eigenvalue weighted by Crippen LogP contribution is -2.06. The zero-order valence-electron chi connectivity index (χ0n) is 30.6. The molecular formula is C52H35N3S. The average molecular weight is 734 g/mol. The molecular weight excluding hydrogens is 699 g/mol. The number of hydrogen-bond donors (Lipinski definition) is 0. The Kier molecular flexibility index (Phi) is 8.59. The maximum atomic E-state index is 5.20. The van der Waals surface area contributed by atoms with Crippen LogP contribution in [-0.4, -0.2) is 18.4 Å². The highest BCUT2D eigenvalue weighted by atomic mass is 32.1. The predicted octanol–water partition coefficient (Wildman–Crippen LogP) is 13.9. The maximum Gasteiger partial charge on any atom is 0.161 e. The van der Waals surface area contributed by atoms with Crippen LogP contribution in [0.4, 0.5) is 0 Å². The molecule has 0 N–H and O–H groups in total. The van der Waals surface area contributed by atoms with Crippen molar-refractivity contribution >= 4 is 82.2 Å². The number of nitrogens with zero attached hydrogens (tertiary/aromatic N) is 3. The van der Waals surface area contributed by atoms with Gasteiger partial charge < -0.3 is 0 Å². The fraction of sp³-hybridized carbons (Fsp3) is 0.0192. The van der Waals surface area contributed by atoms with Gasteiger partial charge in [0.05, 0.1) is 6.54 Å². The summed E-state index contributed by atoms with van der Waals surface area (Å²) in [7, 11) is 0. The van der Waals surface area contributed by atoms with Gasteiger partial charge in [0.1, 0.15) is 0 Å². The number of thiophene rings is 1. The van der Waals surface area contributed by atoms with Gasteiger partial charge >= 0.3 is 0 Å². The molecule has 0 radical (unpaired) electrons. The van der Waals surface area contributed by atoms with Crippen molar-refractivity contribution in [3.05, 3.63) is 205 Å². The lowest BCUT2D eigenvalue weighted by molar-refractivity contribution is 1.06. The summed E-state index contributed by atoms with van der Waals surface area (Å²) < 4.78 is 2.39. The summed E-state index contributed by atoms with van der Waals surface area (Å²) in [6.45, 7) is 4.57. The molecule has 0 saturated heterocycles. The SMILES string of the molecule is C=N/C(=N\C(=N/Cc1ccccc1)c1ccccc1)c1cc(-c2cccc(-c3ccc4c5ccccc5c5ccccc5c4c3)c2)cc2sc3ccccc3c12. The van der Waals surface area contributed by atoms with Crippen molar-refractivity contribution in [3.63, 3.8) is 0 Å². The highest BCUT2D eigenvalue weighted by Crippen LogP contribution is 2.41. The fourth-order valence-corrected chi connectivity index (χ4v) is 9.14. The molecule has 0 aliphatic rings. The maximum absolute atomic E-state index is 5.20. The summed E-state index contributed by atoms with van der Waals surface area (Å²) in [5, 5.41) is 9.94. The van der Waals surface area contributed by atoms with Crippen LogP contribution in [0, 0.1) is 0 Å². The van der Waals surface area contributed by atoms with Gasteiger partial charge in [0.25, 0.3) is 0 Å². The van der Waals surface area contributed by atoms with E-state index in [0.29, 0.717) is 18.2 Å². The van der Waals surface area contributed by atoms with Crippen molar-refractivity contribution in [1.82, 2.24) is 0 Å². The van der Waals surface area contributed by atoms with Gasteiger partial charge in [-0.25, -0.2) is 9.98 Å². The van der Waals surface area contributed by atoms with Gasteiger partial charge in [-0.1, -0.05) is 158 Å². The van der Waals surface area contributed by atoms with Gasteiger partial charge in [-0.2, -0.15) is 0 Å². The van der Waals surface area contributed by atoms with Crippen molar-refractivity contribution in [2.75, 3.05) is 0 Å². The molecule has 3 nitrogen and oxygen atoms in total. The first-order valence-electron chi connectivity index (χ1n) is 18.8. The molecule has 10 rings (SSSR count). The third-order valence-electron chi connectivity index (χ3n) is 10.6. The van der Waals surface area contributed by atoms with Crippen molar-refractivity contribution in [2.24, 2.45) is 15.0 Å². The summed E-state index contributed by atoms with van der Waals surface area (Å²) in [4.78, 5) is 14.9. The van der Waals surface area contributed by atoms with Crippen LogP contribution in [0.1, 0.15) is 16.7 Å². The van der Waals surface area contributed by atoms with E-state index in [1.807, 2.05) is 48.5 Å². The molecule has 1 aromatic heterocycles. The van der Waals surface area contributed by atoms with E-state index in [-0.39, 0.29) is 0 Å². The molecule has 0 unspecified atom stereocenters. The minimum absolute atomic E-state index is 0.503. The van der Waals surface area contributed by atoms with Crippen molar-refractivity contribution in [1.29, 1.82) is 0 Å². The molecule has 1 heterocycles. The summed E-state index contributed by atoms with van der Waals surface area (Å²) in [6, 6.07) is 66.8. The van der Waals surface area contributed by atoms with E-state index in [9.17, 15) is 0 Å². The van der Waals surface area contributed by atoms with E-state index >= 15 is 0 Å². The molecule has 0 amide bonds. The lowest BCUT2D eigenvalue weighted by Gasteiger charge is -2.13. The fourth-order valence-electron chi connectivity index (χ4n) is 7.97. The summed E-state index contributed by atoms with van der Waals surface area (Å²) in [5.74, 6) is 1.16. The van der Waals surface area contributed by atoms with E-state index in [2.05, 4.69) is 151 Å². The zero-order valence-corrected chi connectivity index (χ0v) is 31.4. The third kappa shape index (κ3) is 6.07. The van der Waals surface area contributed by atoms with Gasteiger partial charge in [-0.15, -0.1) is 11.3 Å². The second-order valence-corrected chi connectivity index (χ2v) is 15.1. The van der Waals surface area contributed by atoms with Gasteiger partial charge in [0.2, 0.25) is 0 Å². The molecule has 9 aromatic carbocycles. The molecule has 264 valence electrons. The highest BCUT2D eigenvalue weighted by Gasteiger charge is 2.18. The molecule has 0 fully saturated rings. The van der Waals surface area contributed by atoms with Crippen LogP contribution in [-0.2, 0) is 6.54 Å². The van der Waals surface area contributed by atoms with Crippen LogP contribution in [0.5, 0.6) is 0 Å². The number of aliphatic imine (C=N–C) groups is 3. The molecule has 0 spiro atoms. The standard InChI is InChI=1S/C52H35N3S/c1-53-52(55-51(35-17-6-3-7-18-35)54-33-34-15-4-2-5-16-34)47-31-39(32-49-50(47)45-25-12-13-26-48(45)56-49)37-20-14-19-36(29-37)38-27-28-44-42-23-9-8-21-40(42)41-22-10-11-24-43(41)46(44)30-38/h2-32H,1,33H2/b54-51-,55-52-. The largest absolute Gasteiger partial charge is 0.261 e. The molecule has 0 bridgehead atoms. The monoisotopic (exact) mass is 733 g/mol. The molecule has 0 saturated carbocycles. The summed E-state index contributed by atoms with van der Waals surface area (Å²) in [5.41, 5.74) is 7.53. The Morgan fingerprint density at radius 3 is 1.70 bits per heavy atom. The molecule has 0 aliphatic carbocycles. The topological polar surface area (TPSA) is 37.1 Å². The van der Waals surface area contributed by atoms with Gasteiger partial charge in [-0.05, 0) is 97.2 Å². The van der Waals surface area contributed by atoms with E-state index in [4.69, 9.17) is 9.98 Å². The van der Waals surface area contributed by atoms with Gasteiger partial charge in [0, 0.05) is 31.3 Å². The van der Waals surface area contributed by atoms with Crippen molar-refractivity contribution in [3.8, 4) is 22.3 Å². The Labute approximate surface area is 329 Å². The third-order valence-corrected chi connectivity index (χ3v) is 11.8. The number of fused-ring (bicyclic) bond motifs is 9. The predicted molar refractivity (Wildman–Crippen MR) is 242 cm³/mol. The Bertz CT molecular complexity index is 3140. The smallest absolute Gasteiger partial charge is 0.161 e. The number of hydrogen-bond acceptors (Lipinski definition) is 2. The van der Waals surface area contributed by atoms with Crippen LogP contribution in [0.25, 0.3) is 74.7 Å².